The van der Waals surface area contributed by atoms with E-state index >= 15 is 0 Å². The highest BCUT2D eigenvalue weighted by atomic mass is 16.3. The Hall–Kier alpha value is -0.800. The molecular weight excluding hydrogens is 154 g/mol. The summed E-state index contributed by atoms with van der Waals surface area (Å²) in [6, 6.07) is 3.76. The number of aliphatic hydroxyl groups excluding tert-OH is 1. The molecule has 0 fully saturated rings. The van der Waals surface area contributed by atoms with Gasteiger partial charge in [-0.1, -0.05) is 0 Å². The number of rotatable bonds is 5. The molecule has 1 heterocycles. The van der Waals surface area contributed by atoms with Gasteiger partial charge in [0.2, 0.25) is 0 Å². The van der Waals surface area contributed by atoms with Crippen molar-refractivity contribution in [3.8, 4) is 0 Å². The van der Waals surface area contributed by atoms with Crippen LogP contribution in [0.25, 0.3) is 0 Å². The van der Waals surface area contributed by atoms with E-state index in [1.54, 1.807) is 6.26 Å². The monoisotopic (exact) mass is 169 g/mol. The Morgan fingerprint density at radius 2 is 2.33 bits per heavy atom. The lowest BCUT2D eigenvalue weighted by Gasteiger charge is -2.06. The summed E-state index contributed by atoms with van der Waals surface area (Å²) in [5.74, 6) is 0.922. The molecule has 0 aliphatic carbocycles. The molecule has 1 atom stereocenters. The molecule has 0 saturated heterocycles. The number of aryl methyl sites for hydroxylation is 1. The minimum absolute atomic E-state index is 0.292. The molecule has 0 bridgehead atoms. The number of aliphatic hydroxyl groups is 1. The van der Waals surface area contributed by atoms with E-state index in [0.717, 1.165) is 18.6 Å². The molecule has 0 aliphatic rings. The third-order valence-electron chi connectivity index (χ3n) is 1.80. The topological polar surface area (TPSA) is 59.4 Å². The molecule has 1 rings (SSSR count). The maximum absolute atomic E-state index is 9.33. The number of hydrogen-bond acceptors (Lipinski definition) is 3. The third-order valence-corrected chi connectivity index (χ3v) is 1.80. The molecule has 0 spiro atoms. The van der Waals surface area contributed by atoms with Crippen molar-refractivity contribution in [2.45, 2.75) is 25.4 Å². The van der Waals surface area contributed by atoms with Crippen LogP contribution in [0.1, 0.15) is 18.6 Å². The minimum atomic E-state index is -0.292. The van der Waals surface area contributed by atoms with E-state index in [2.05, 4.69) is 0 Å². The standard InChI is InChI=1S/C9H15NO2/c10-6-5-8(11)3-4-9-2-1-7-12-9/h1-2,7-8,11H,3-6,10H2. The lowest BCUT2D eigenvalue weighted by atomic mass is 10.1. The largest absolute Gasteiger partial charge is 0.469 e. The second kappa shape index (κ2) is 4.95. The van der Waals surface area contributed by atoms with Gasteiger partial charge in [0.25, 0.3) is 0 Å². The van der Waals surface area contributed by atoms with Crippen LogP contribution in [0.3, 0.4) is 0 Å². The summed E-state index contributed by atoms with van der Waals surface area (Å²) in [7, 11) is 0. The average molecular weight is 169 g/mol. The first-order chi connectivity index (χ1) is 5.83. The molecule has 3 heteroatoms. The van der Waals surface area contributed by atoms with Gasteiger partial charge >= 0.3 is 0 Å². The van der Waals surface area contributed by atoms with Gasteiger partial charge in [0, 0.05) is 6.42 Å². The first kappa shape index (κ1) is 9.29. The van der Waals surface area contributed by atoms with Crippen LogP contribution < -0.4 is 5.73 Å². The van der Waals surface area contributed by atoms with Gasteiger partial charge in [-0.2, -0.15) is 0 Å². The summed E-state index contributed by atoms with van der Waals surface area (Å²) in [4.78, 5) is 0. The molecule has 0 aromatic carbocycles. The second-order valence-corrected chi connectivity index (χ2v) is 2.85. The Kier molecular flexibility index (Phi) is 3.84. The van der Waals surface area contributed by atoms with Crippen molar-refractivity contribution in [1.82, 2.24) is 0 Å². The van der Waals surface area contributed by atoms with Crippen LogP contribution in [0, 0.1) is 0 Å². The summed E-state index contributed by atoms with van der Waals surface area (Å²) >= 11 is 0. The van der Waals surface area contributed by atoms with E-state index < -0.39 is 0 Å². The lowest BCUT2D eigenvalue weighted by Crippen LogP contribution is -2.13. The molecule has 1 aromatic rings. The normalized spacial score (nSPS) is 13.2. The van der Waals surface area contributed by atoms with Crippen LogP contribution in [0.2, 0.25) is 0 Å². The first-order valence-electron chi connectivity index (χ1n) is 4.23. The zero-order chi connectivity index (χ0) is 8.81. The van der Waals surface area contributed by atoms with Crippen LogP contribution in [0.15, 0.2) is 22.8 Å². The van der Waals surface area contributed by atoms with Gasteiger partial charge < -0.3 is 15.3 Å². The van der Waals surface area contributed by atoms with Crippen molar-refractivity contribution in [2.75, 3.05) is 6.54 Å². The highest BCUT2D eigenvalue weighted by Gasteiger charge is 2.03. The molecule has 0 saturated carbocycles. The number of nitrogens with two attached hydrogens (primary N) is 1. The SMILES string of the molecule is NCCC(O)CCc1ccco1. The molecule has 68 valence electrons. The van der Waals surface area contributed by atoms with Crippen molar-refractivity contribution in [2.24, 2.45) is 5.73 Å². The smallest absolute Gasteiger partial charge is 0.103 e. The van der Waals surface area contributed by atoms with Crippen LogP contribution in [-0.4, -0.2) is 17.8 Å². The van der Waals surface area contributed by atoms with Crippen molar-refractivity contribution < 1.29 is 9.52 Å². The van der Waals surface area contributed by atoms with Gasteiger partial charge in [0.1, 0.15) is 5.76 Å². The molecule has 0 aliphatic heterocycles. The Balaban J connectivity index is 2.17. The van der Waals surface area contributed by atoms with E-state index in [9.17, 15) is 5.11 Å². The maximum Gasteiger partial charge on any atom is 0.103 e. The summed E-state index contributed by atoms with van der Waals surface area (Å²) in [6.45, 7) is 0.541. The van der Waals surface area contributed by atoms with Crippen LogP contribution in [0.4, 0.5) is 0 Å². The van der Waals surface area contributed by atoms with E-state index in [4.69, 9.17) is 10.2 Å². The second-order valence-electron chi connectivity index (χ2n) is 2.85. The molecule has 1 aromatic heterocycles. The predicted molar refractivity (Wildman–Crippen MR) is 46.7 cm³/mol. The summed E-state index contributed by atoms with van der Waals surface area (Å²) in [6.07, 6.45) is 3.53. The molecule has 1 unspecified atom stereocenters. The van der Waals surface area contributed by atoms with E-state index in [1.807, 2.05) is 12.1 Å². The quantitative estimate of drug-likeness (QED) is 0.689. The highest BCUT2D eigenvalue weighted by Crippen LogP contribution is 2.06. The Labute approximate surface area is 72.2 Å². The van der Waals surface area contributed by atoms with E-state index in [-0.39, 0.29) is 6.10 Å². The van der Waals surface area contributed by atoms with Gasteiger partial charge in [0.15, 0.2) is 0 Å². The summed E-state index contributed by atoms with van der Waals surface area (Å²) < 4.78 is 5.12. The zero-order valence-electron chi connectivity index (χ0n) is 7.07. The van der Waals surface area contributed by atoms with E-state index in [1.165, 1.54) is 0 Å². The van der Waals surface area contributed by atoms with Crippen LogP contribution in [-0.2, 0) is 6.42 Å². The minimum Gasteiger partial charge on any atom is -0.469 e. The van der Waals surface area contributed by atoms with Crippen molar-refractivity contribution in [1.29, 1.82) is 0 Å². The summed E-state index contributed by atoms with van der Waals surface area (Å²) in [5, 5.41) is 9.33. The molecule has 0 amide bonds. The maximum atomic E-state index is 9.33. The number of furan rings is 1. The highest BCUT2D eigenvalue weighted by molar-refractivity contribution is 4.98. The van der Waals surface area contributed by atoms with Crippen molar-refractivity contribution in [3.63, 3.8) is 0 Å². The zero-order valence-corrected chi connectivity index (χ0v) is 7.07. The van der Waals surface area contributed by atoms with Crippen LogP contribution in [0.5, 0.6) is 0 Å². The Morgan fingerprint density at radius 1 is 1.50 bits per heavy atom. The Morgan fingerprint density at radius 3 is 2.92 bits per heavy atom. The van der Waals surface area contributed by atoms with Crippen molar-refractivity contribution >= 4 is 0 Å². The fourth-order valence-electron chi connectivity index (χ4n) is 1.10. The van der Waals surface area contributed by atoms with Gasteiger partial charge in [-0.3, -0.25) is 0 Å². The molecular formula is C9H15NO2. The van der Waals surface area contributed by atoms with Gasteiger partial charge in [-0.25, -0.2) is 0 Å². The van der Waals surface area contributed by atoms with Crippen LogP contribution >= 0.6 is 0 Å². The van der Waals surface area contributed by atoms with E-state index in [0.29, 0.717) is 13.0 Å². The third kappa shape index (κ3) is 3.07. The molecule has 3 nitrogen and oxygen atoms in total. The predicted octanol–water partition coefficient (Wildman–Crippen LogP) is 0.922. The Bertz CT molecular complexity index is 196. The molecule has 0 radical (unpaired) electrons. The summed E-state index contributed by atoms with van der Waals surface area (Å²) in [5.41, 5.74) is 5.29. The van der Waals surface area contributed by atoms with Crippen molar-refractivity contribution in [3.05, 3.63) is 24.2 Å². The fourth-order valence-corrected chi connectivity index (χ4v) is 1.10. The number of hydrogen-bond donors (Lipinski definition) is 2. The average Bonchev–Trinajstić information content (AvgIpc) is 2.53. The fraction of sp³-hybridized carbons (Fsp3) is 0.556. The first-order valence-corrected chi connectivity index (χ1v) is 4.23. The molecule has 12 heavy (non-hydrogen) atoms. The van der Waals surface area contributed by atoms with Gasteiger partial charge in [0.05, 0.1) is 12.4 Å². The van der Waals surface area contributed by atoms with Gasteiger partial charge in [-0.05, 0) is 31.5 Å². The van der Waals surface area contributed by atoms with Gasteiger partial charge in [-0.15, -0.1) is 0 Å². The molecule has 3 N–H and O–H groups in total. The lowest BCUT2D eigenvalue weighted by molar-refractivity contribution is 0.155.